The van der Waals surface area contributed by atoms with Crippen LogP contribution >= 0.6 is 11.8 Å². The summed E-state index contributed by atoms with van der Waals surface area (Å²) < 4.78 is 0. The van der Waals surface area contributed by atoms with E-state index in [9.17, 15) is 14.4 Å². The van der Waals surface area contributed by atoms with E-state index in [2.05, 4.69) is 16.3 Å². The van der Waals surface area contributed by atoms with Crippen LogP contribution in [-0.2, 0) is 13.1 Å². The third-order valence-corrected chi connectivity index (χ3v) is 7.55. The van der Waals surface area contributed by atoms with Crippen LogP contribution in [-0.4, -0.2) is 52.1 Å². The molecule has 0 saturated carbocycles. The van der Waals surface area contributed by atoms with E-state index in [0.29, 0.717) is 11.1 Å². The number of nitrogens with zero attached hydrogens (tertiary/aromatic N) is 2. The first kappa shape index (κ1) is 23.3. The second-order valence-corrected chi connectivity index (χ2v) is 10.1. The minimum Gasteiger partial charge on any atom is -0.322 e. The van der Waals surface area contributed by atoms with Crippen LogP contribution in [0.4, 0.5) is 5.69 Å². The van der Waals surface area contributed by atoms with Gasteiger partial charge < -0.3 is 5.32 Å². The maximum absolute atomic E-state index is 13.1. The monoisotopic (exact) mass is 485 g/mol. The predicted molar refractivity (Wildman–Crippen MR) is 139 cm³/mol. The molecule has 5 rings (SSSR count). The fourth-order valence-corrected chi connectivity index (χ4v) is 5.51. The summed E-state index contributed by atoms with van der Waals surface area (Å²) in [6.45, 7) is 5.24. The van der Waals surface area contributed by atoms with Crippen molar-refractivity contribution in [1.29, 1.82) is 0 Å². The highest BCUT2D eigenvalue weighted by atomic mass is 32.2. The van der Waals surface area contributed by atoms with Crippen molar-refractivity contribution >= 4 is 35.2 Å². The molecular formula is C28H27N3O3S. The Labute approximate surface area is 209 Å². The van der Waals surface area contributed by atoms with E-state index in [-0.39, 0.29) is 29.8 Å². The molecule has 0 spiro atoms. The number of carbonyl (C=O) groups is 3. The molecule has 2 aliphatic heterocycles. The Hall–Kier alpha value is -3.42. The zero-order valence-corrected chi connectivity index (χ0v) is 20.4. The number of amides is 3. The summed E-state index contributed by atoms with van der Waals surface area (Å²) in [5, 5.41) is 3.00. The Balaban J connectivity index is 1.32. The maximum atomic E-state index is 13.1. The van der Waals surface area contributed by atoms with Crippen molar-refractivity contribution in [2.45, 2.75) is 20.0 Å². The number of thioether (sulfide) groups is 1. The molecule has 0 radical (unpaired) electrons. The van der Waals surface area contributed by atoms with Crippen LogP contribution in [0.15, 0.2) is 66.7 Å². The molecule has 178 valence electrons. The molecule has 0 aromatic heterocycles. The average molecular weight is 486 g/mol. The smallest absolute Gasteiger partial charge is 0.261 e. The van der Waals surface area contributed by atoms with Crippen LogP contribution in [0.3, 0.4) is 0 Å². The summed E-state index contributed by atoms with van der Waals surface area (Å²) in [7, 11) is 0. The highest BCUT2D eigenvalue weighted by molar-refractivity contribution is 7.99. The number of hydrogen-bond acceptors (Lipinski definition) is 5. The summed E-state index contributed by atoms with van der Waals surface area (Å²) in [5.74, 6) is 1.29. The molecule has 1 N–H and O–H groups in total. The first-order valence-corrected chi connectivity index (χ1v) is 12.9. The standard InChI is InChI=1S/C28H27N3O3S/c1-19-22(18-30-12-14-35-15-13-30)8-5-9-25(19)29-26(32)21-10-11-23-24(16-21)28(34)31(27(23)33)17-20-6-3-2-4-7-20/h2-11,16H,12-15,17-18H2,1H3,(H,29,32). The van der Waals surface area contributed by atoms with E-state index in [4.69, 9.17) is 0 Å². The number of nitrogens with one attached hydrogen (secondary N) is 1. The Morgan fingerprint density at radius 1 is 0.886 bits per heavy atom. The summed E-state index contributed by atoms with van der Waals surface area (Å²) in [6.07, 6.45) is 0. The SMILES string of the molecule is Cc1c(CN2CCSCC2)cccc1NC(=O)c1ccc2c(c1)C(=O)N(Cc1ccccc1)C2=O. The molecule has 0 bridgehead atoms. The van der Waals surface area contributed by atoms with Gasteiger partial charge in [-0.25, -0.2) is 0 Å². The second kappa shape index (κ2) is 10.1. The molecule has 7 heteroatoms. The van der Waals surface area contributed by atoms with Gasteiger partial charge in [-0.2, -0.15) is 11.8 Å². The predicted octanol–water partition coefficient (Wildman–Crippen LogP) is 4.59. The Bertz CT molecular complexity index is 1290. The minimum atomic E-state index is -0.374. The van der Waals surface area contributed by atoms with Crippen LogP contribution in [0, 0.1) is 6.92 Å². The molecular weight excluding hydrogens is 458 g/mol. The summed E-state index contributed by atoms with van der Waals surface area (Å²) in [4.78, 5) is 42.6. The van der Waals surface area contributed by atoms with Crippen LogP contribution < -0.4 is 5.32 Å². The van der Waals surface area contributed by atoms with Crippen LogP contribution in [0.5, 0.6) is 0 Å². The van der Waals surface area contributed by atoms with Gasteiger partial charge in [0, 0.05) is 42.4 Å². The Morgan fingerprint density at radius 2 is 1.63 bits per heavy atom. The molecule has 0 unspecified atom stereocenters. The third-order valence-electron chi connectivity index (χ3n) is 6.61. The second-order valence-electron chi connectivity index (χ2n) is 8.87. The lowest BCUT2D eigenvalue weighted by atomic mass is 10.0. The lowest BCUT2D eigenvalue weighted by Gasteiger charge is -2.27. The Kier molecular flexibility index (Phi) is 6.70. The lowest BCUT2D eigenvalue weighted by molar-refractivity contribution is 0.0642. The molecule has 2 aliphatic rings. The summed E-state index contributed by atoms with van der Waals surface area (Å²) in [6, 6.07) is 20.1. The minimum absolute atomic E-state index is 0.205. The molecule has 3 aromatic rings. The van der Waals surface area contributed by atoms with Crippen molar-refractivity contribution < 1.29 is 14.4 Å². The number of rotatable bonds is 6. The molecule has 6 nitrogen and oxygen atoms in total. The highest BCUT2D eigenvalue weighted by Crippen LogP contribution is 2.27. The van der Waals surface area contributed by atoms with E-state index in [0.717, 1.165) is 48.0 Å². The first-order valence-electron chi connectivity index (χ1n) is 11.8. The van der Waals surface area contributed by atoms with Gasteiger partial charge in [-0.05, 0) is 47.9 Å². The quantitative estimate of drug-likeness (QED) is 0.517. The van der Waals surface area contributed by atoms with Crippen LogP contribution in [0.2, 0.25) is 0 Å². The molecule has 0 atom stereocenters. The Morgan fingerprint density at radius 3 is 2.40 bits per heavy atom. The number of benzene rings is 3. The van der Waals surface area contributed by atoms with Crippen LogP contribution in [0.1, 0.15) is 47.8 Å². The average Bonchev–Trinajstić information content (AvgIpc) is 3.12. The van der Waals surface area contributed by atoms with Crippen molar-refractivity contribution in [3.8, 4) is 0 Å². The van der Waals surface area contributed by atoms with Crippen LogP contribution in [0.25, 0.3) is 0 Å². The molecule has 35 heavy (non-hydrogen) atoms. The van der Waals surface area contributed by atoms with Gasteiger partial charge in [0.1, 0.15) is 0 Å². The zero-order valence-electron chi connectivity index (χ0n) is 19.6. The van der Waals surface area contributed by atoms with E-state index >= 15 is 0 Å². The van der Waals surface area contributed by atoms with E-state index in [1.165, 1.54) is 16.5 Å². The van der Waals surface area contributed by atoms with Crippen molar-refractivity contribution in [3.05, 3.63) is 100 Å². The fourth-order valence-electron chi connectivity index (χ4n) is 4.53. The molecule has 0 aliphatic carbocycles. The molecule has 2 heterocycles. The van der Waals surface area contributed by atoms with Crippen molar-refractivity contribution in [1.82, 2.24) is 9.80 Å². The zero-order chi connectivity index (χ0) is 24.4. The van der Waals surface area contributed by atoms with Gasteiger partial charge in [-0.3, -0.25) is 24.2 Å². The van der Waals surface area contributed by atoms with E-state index in [1.54, 1.807) is 12.1 Å². The normalized spacial score (nSPS) is 15.9. The molecule has 1 saturated heterocycles. The topological polar surface area (TPSA) is 69.7 Å². The fraction of sp³-hybridized carbons (Fsp3) is 0.250. The van der Waals surface area contributed by atoms with Gasteiger partial charge in [-0.15, -0.1) is 0 Å². The number of carbonyl (C=O) groups excluding carboxylic acids is 3. The van der Waals surface area contributed by atoms with E-state index in [1.807, 2.05) is 61.2 Å². The number of fused-ring (bicyclic) bond motifs is 1. The van der Waals surface area contributed by atoms with Crippen molar-refractivity contribution in [3.63, 3.8) is 0 Å². The number of anilines is 1. The maximum Gasteiger partial charge on any atom is 0.261 e. The lowest BCUT2D eigenvalue weighted by Crippen LogP contribution is -2.32. The van der Waals surface area contributed by atoms with E-state index < -0.39 is 0 Å². The highest BCUT2D eigenvalue weighted by Gasteiger charge is 2.36. The van der Waals surface area contributed by atoms with Crippen molar-refractivity contribution in [2.75, 3.05) is 29.9 Å². The van der Waals surface area contributed by atoms with Gasteiger partial charge in [0.05, 0.1) is 17.7 Å². The molecule has 3 aromatic carbocycles. The van der Waals surface area contributed by atoms with Gasteiger partial charge in [0.15, 0.2) is 0 Å². The number of imide groups is 1. The summed E-state index contributed by atoms with van der Waals surface area (Å²) in [5.41, 5.74) is 4.82. The summed E-state index contributed by atoms with van der Waals surface area (Å²) >= 11 is 1.98. The van der Waals surface area contributed by atoms with Gasteiger partial charge in [0.25, 0.3) is 17.7 Å². The largest absolute Gasteiger partial charge is 0.322 e. The molecule has 3 amide bonds. The molecule has 1 fully saturated rings. The van der Waals surface area contributed by atoms with Gasteiger partial charge in [0.2, 0.25) is 0 Å². The van der Waals surface area contributed by atoms with Gasteiger partial charge >= 0.3 is 0 Å². The third kappa shape index (κ3) is 4.88. The van der Waals surface area contributed by atoms with Gasteiger partial charge in [-0.1, -0.05) is 42.5 Å². The first-order chi connectivity index (χ1) is 17.0. The van der Waals surface area contributed by atoms with Crippen molar-refractivity contribution in [2.24, 2.45) is 0 Å². The number of hydrogen-bond donors (Lipinski definition) is 1.